The quantitative estimate of drug-likeness (QED) is 0.272. The van der Waals surface area contributed by atoms with Gasteiger partial charge in [-0.3, -0.25) is 14.5 Å². The number of carbonyl (C=O) groups excluding carboxylic acids is 1. The highest BCUT2D eigenvalue weighted by molar-refractivity contribution is 7.93. The Labute approximate surface area is 216 Å². The second-order valence-electron chi connectivity index (χ2n) is 7.74. The molecule has 5 aromatic rings. The molecule has 0 unspecified atom stereocenters. The number of benzene rings is 2. The molecule has 3 aromatic heterocycles. The second-order valence-corrected chi connectivity index (χ2v) is 10.3. The summed E-state index contributed by atoms with van der Waals surface area (Å²) in [4.78, 5) is 21.2. The highest BCUT2D eigenvalue weighted by Crippen LogP contribution is 2.35. The lowest BCUT2D eigenvalue weighted by molar-refractivity contribution is 0.0946. The lowest BCUT2D eigenvalue weighted by atomic mass is 10.1. The standard InChI is InChI=1S/C25H19N7O3S2/c1-17-22(29-28-20-7-9-21(10-8-20)37(34,35)31-25-27-15-16-36-25)23(18-5-3-2-4-6-18)32(30-17)24(33)19-11-13-26-14-12-19/h2-16H,1H3,(H,27,31). The Morgan fingerprint density at radius 2 is 1.68 bits per heavy atom. The summed E-state index contributed by atoms with van der Waals surface area (Å²) in [6, 6.07) is 18.5. The largest absolute Gasteiger partial charge is 0.278 e. The first kappa shape index (κ1) is 24.2. The molecule has 37 heavy (non-hydrogen) atoms. The molecule has 0 fully saturated rings. The maximum Gasteiger partial charge on any atom is 0.278 e. The zero-order valence-corrected chi connectivity index (χ0v) is 21.0. The van der Waals surface area contributed by atoms with Crippen molar-refractivity contribution in [3.8, 4) is 11.3 Å². The fourth-order valence-corrected chi connectivity index (χ4v) is 5.29. The molecule has 0 aliphatic carbocycles. The first-order chi connectivity index (χ1) is 17.9. The molecule has 0 saturated heterocycles. The van der Waals surface area contributed by atoms with Crippen molar-refractivity contribution < 1.29 is 13.2 Å². The molecule has 0 radical (unpaired) electrons. The number of hydrogen-bond acceptors (Lipinski definition) is 9. The minimum Gasteiger partial charge on any atom is -0.267 e. The average molecular weight is 530 g/mol. The van der Waals surface area contributed by atoms with Gasteiger partial charge in [-0.25, -0.2) is 13.4 Å². The van der Waals surface area contributed by atoms with Crippen molar-refractivity contribution >= 4 is 43.8 Å². The van der Waals surface area contributed by atoms with Gasteiger partial charge in [-0.1, -0.05) is 30.3 Å². The van der Waals surface area contributed by atoms with Gasteiger partial charge in [-0.05, 0) is 43.3 Å². The van der Waals surface area contributed by atoms with Gasteiger partial charge < -0.3 is 0 Å². The van der Waals surface area contributed by atoms with Gasteiger partial charge in [0.2, 0.25) is 0 Å². The fourth-order valence-electron chi connectivity index (χ4n) is 3.50. The Bertz CT molecular complexity index is 1670. The number of hydrogen-bond donors (Lipinski definition) is 1. The molecule has 0 aliphatic heterocycles. The van der Waals surface area contributed by atoms with E-state index < -0.39 is 10.0 Å². The number of pyridine rings is 1. The van der Waals surface area contributed by atoms with Gasteiger partial charge in [-0.15, -0.1) is 16.5 Å². The molecule has 0 aliphatic rings. The number of carbonyl (C=O) groups is 1. The van der Waals surface area contributed by atoms with Crippen molar-refractivity contribution in [2.45, 2.75) is 11.8 Å². The molecule has 3 heterocycles. The molecule has 0 amide bonds. The summed E-state index contributed by atoms with van der Waals surface area (Å²) in [5, 5.41) is 15.1. The molecule has 12 heteroatoms. The normalized spacial score (nSPS) is 11.6. The molecule has 184 valence electrons. The number of azo groups is 1. The van der Waals surface area contributed by atoms with E-state index in [-0.39, 0.29) is 15.9 Å². The third-order valence-corrected chi connectivity index (χ3v) is 7.43. The number of sulfonamides is 1. The number of nitrogens with one attached hydrogen (secondary N) is 1. The Morgan fingerprint density at radius 1 is 0.946 bits per heavy atom. The minimum absolute atomic E-state index is 0.0681. The molecule has 0 saturated carbocycles. The molecule has 2 aromatic carbocycles. The Morgan fingerprint density at radius 3 is 2.35 bits per heavy atom. The minimum atomic E-state index is -3.78. The van der Waals surface area contributed by atoms with Crippen LogP contribution in [0.15, 0.2) is 106 Å². The Balaban J connectivity index is 1.48. The number of thiazole rings is 1. The molecule has 0 bridgehead atoms. The average Bonchev–Trinajstić information content (AvgIpc) is 3.55. The number of anilines is 1. The highest BCUT2D eigenvalue weighted by atomic mass is 32.2. The van der Waals surface area contributed by atoms with E-state index in [4.69, 9.17) is 0 Å². The molecule has 5 rings (SSSR count). The van der Waals surface area contributed by atoms with Crippen LogP contribution in [-0.2, 0) is 10.0 Å². The summed E-state index contributed by atoms with van der Waals surface area (Å²) in [5.41, 5.74) is 3.04. The van der Waals surface area contributed by atoms with Gasteiger partial charge in [0.1, 0.15) is 11.4 Å². The SMILES string of the molecule is Cc1nn(C(=O)c2ccncc2)c(-c2ccccc2)c1N=Nc1ccc(S(=O)(=O)Nc2nccs2)cc1. The van der Waals surface area contributed by atoms with Crippen LogP contribution in [0.4, 0.5) is 16.5 Å². The topological polar surface area (TPSA) is 132 Å². The summed E-state index contributed by atoms with van der Waals surface area (Å²) in [7, 11) is -3.78. The Hall–Kier alpha value is -4.55. The highest BCUT2D eigenvalue weighted by Gasteiger charge is 2.22. The predicted molar refractivity (Wildman–Crippen MR) is 140 cm³/mol. The summed E-state index contributed by atoms with van der Waals surface area (Å²) >= 11 is 1.19. The fraction of sp³-hybridized carbons (Fsp3) is 0.0400. The van der Waals surface area contributed by atoms with E-state index >= 15 is 0 Å². The number of aromatic nitrogens is 4. The third kappa shape index (κ3) is 5.20. The van der Waals surface area contributed by atoms with Crippen LogP contribution in [0.3, 0.4) is 0 Å². The number of rotatable bonds is 7. The maximum absolute atomic E-state index is 13.3. The zero-order chi connectivity index (χ0) is 25.8. The molecule has 0 spiro atoms. The summed E-state index contributed by atoms with van der Waals surface area (Å²) in [6.07, 6.45) is 4.61. The second kappa shape index (κ2) is 10.2. The van der Waals surface area contributed by atoms with Crippen LogP contribution in [0.5, 0.6) is 0 Å². The van der Waals surface area contributed by atoms with Crippen LogP contribution in [0.1, 0.15) is 16.1 Å². The smallest absolute Gasteiger partial charge is 0.267 e. The van der Waals surface area contributed by atoms with Gasteiger partial charge >= 0.3 is 0 Å². The predicted octanol–water partition coefficient (Wildman–Crippen LogP) is 5.61. The monoisotopic (exact) mass is 529 g/mol. The van der Waals surface area contributed by atoms with Crippen molar-refractivity contribution in [1.82, 2.24) is 19.7 Å². The summed E-state index contributed by atoms with van der Waals surface area (Å²) in [5.74, 6) is -0.326. The molecule has 0 atom stereocenters. The van der Waals surface area contributed by atoms with E-state index in [0.717, 1.165) is 5.56 Å². The van der Waals surface area contributed by atoms with Crippen LogP contribution in [0, 0.1) is 6.92 Å². The van der Waals surface area contributed by atoms with Crippen molar-refractivity contribution in [1.29, 1.82) is 0 Å². The molecular formula is C25H19N7O3S2. The van der Waals surface area contributed by atoms with Crippen molar-refractivity contribution in [3.05, 3.63) is 102 Å². The van der Waals surface area contributed by atoms with Crippen LogP contribution < -0.4 is 4.72 Å². The van der Waals surface area contributed by atoms with E-state index in [2.05, 4.69) is 30.0 Å². The summed E-state index contributed by atoms with van der Waals surface area (Å²) < 4.78 is 28.9. The molecular weight excluding hydrogens is 510 g/mol. The third-order valence-electron chi connectivity index (χ3n) is 5.26. The van der Waals surface area contributed by atoms with E-state index in [1.165, 1.54) is 34.3 Å². The first-order valence-corrected chi connectivity index (χ1v) is 13.3. The first-order valence-electron chi connectivity index (χ1n) is 11.0. The van der Waals surface area contributed by atoms with Crippen molar-refractivity contribution in [2.24, 2.45) is 10.2 Å². The van der Waals surface area contributed by atoms with E-state index in [1.807, 2.05) is 30.3 Å². The lowest BCUT2D eigenvalue weighted by Gasteiger charge is -2.07. The lowest BCUT2D eigenvalue weighted by Crippen LogP contribution is -2.15. The maximum atomic E-state index is 13.3. The zero-order valence-electron chi connectivity index (χ0n) is 19.4. The number of nitrogens with zero attached hydrogens (tertiary/aromatic N) is 6. The van der Waals surface area contributed by atoms with Crippen LogP contribution >= 0.6 is 11.3 Å². The molecule has 10 nitrogen and oxygen atoms in total. The van der Waals surface area contributed by atoms with Gasteiger partial charge in [0.05, 0.1) is 16.3 Å². The van der Waals surface area contributed by atoms with Crippen molar-refractivity contribution in [3.63, 3.8) is 0 Å². The summed E-state index contributed by atoms with van der Waals surface area (Å²) in [6.45, 7) is 1.75. The Kier molecular flexibility index (Phi) is 6.66. The van der Waals surface area contributed by atoms with Crippen LogP contribution in [-0.4, -0.2) is 34.1 Å². The van der Waals surface area contributed by atoms with Gasteiger partial charge in [-0.2, -0.15) is 14.9 Å². The van der Waals surface area contributed by atoms with Gasteiger partial charge in [0.25, 0.3) is 15.9 Å². The van der Waals surface area contributed by atoms with E-state index in [9.17, 15) is 13.2 Å². The molecule has 1 N–H and O–H groups in total. The van der Waals surface area contributed by atoms with E-state index in [1.54, 1.807) is 49.0 Å². The number of aryl methyl sites for hydroxylation is 1. The van der Waals surface area contributed by atoms with E-state index in [0.29, 0.717) is 28.3 Å². The van der Waals surface area contributed by atoms with Gasteiger partial charge in [0, 0.05) is 35.1 Å². The van der Waals surface area contributed by atoms with Crippen molar-refractivity contribution in [2.75, 3.05) is 4.72 Å². The van der Waals surface area contributed by atoms with Gasteiger partial charge in [0.15, 0.2) is 5.13 Å². The van der Waals surface area contributed by atoms with Crippen LogP contribution in [0.25, 0.3) is 11.3 Å². The van der Waals surface area contributed by atoms with Crippen LogP contribution in [0.2, 0.25) is 0 Å².